The molecule has 0 radical (unpaired) electrons. The van der Waals surface area contributed by atoms with Gasteiger partial charge in [0.2, 0.25) is 0 Å². The molecule has 1 saturated heterocycles. The van der Waals surface area contributed by atoms with E-state index in [0.29, 0.717) is 31.0 Å². The minimum Gasteiger partial charge on any atom is -0.481 e. The average Bonchev–Trinajstić information content (AvgIpc) is 2.47. The maximum Gasteiger partial charge on any atom is 0.307 e. The van der Waals surface area contributed by atoms with Gasteiger partial charge in [0.15, 0.2) is 0 Å². The number of para-hydroxylation sites is 1. The molecular weight excluding hydrogens is 284 g/mol. The Labute approximate surface area is 129 Å². The van der Waals surface area contributed by atoms with Crippen LogP contribution >= 0.6 is 0 Å². The van der Waals surface area contributed by atoms with Crippen molar-refractivity contribution >= 4 is 17.7 Å². The Bertz CT molecular complexity index is 585. The third-order valence-corrected chi connectivity index (χ3v) is 3.88. The molecule has 0 aliphatic carbocycles. The maximum atomic E-state index is 11.1. The van der Waals surface area contributed by atoms with Gasteiger partial charge in [-0.25, -0.2) is 0 Å². The van der Waals surface area contributed by atoms with E-state index in [4.69, 9.17) is 5.11 Å². The van der Waals surface area contributed by atoms with Gasteiger partial charge in [-0.2, -0.15) is 0 Å². The van der Waals surface area contributed by atoms with Crippen LogP contribution in [0.15, 0.2) is 30.3 Å². The molecule has 1 fully saturated rings. The van der Waals surface area contributed by atoms with Gasteiger partial charge in [-0.1, -0.05) is 31.2 Å². The van der Waals surface area contributed by atoms with Crippen molar-refractivity contribution in [3.63, 3.8) is 0 Å². The van der Waals surface area contributed by atoms with Gasteiger partial charge in [0.25, 0.3) is 5.69 Å². The van der Waals surface area contributed by atoms with Gasteiger partial charge in [-0.15, -0.1) is 0 Å². The number of piperidine rings is 1. The molecule has 22 heavy (non-hydrogen) atoms. The van der Waals surface area contributed by atoms with Crippen molar-refractivity contribution in [1.82, 2.24) is 4.90 Å². The average molecular weight is 304 g/mol. The number of rotatable bonds is 5. The highest BCUT2D eigenvalue weighted by Gasteiger charge is 2.28. The Morgan fingerprint density at radius 1 is 1.45 bits per heavy atom. The quantitative estimate of drug-likeness (QED) is 0.668. The van der Waals surface area contributed by atoms with E-state index in [-0.39, 0.29) is 11.6 Å². The predicted molar refractivity (Wildman–Crippen MR) is 83.5 cm³/mol. The van der Waals surface area contributed by atoms with E-state index in [9.17, 15) is 14.9 Å². The summed E-state index contributed by atoms with van der Waals surface area (Å²) in [5.74, 6) is -0.739. The van der Waals surface area contributed by atoms with Crippen LogP contribution in [0.4, 0.5) is 5.69 Å². The van der Waals surface area contributed by atoms with Gasteiger partial charge in [0.1, 0.15) is 0 Å². The zero-order chi connectivity index (χ0) is 16.1. The zero-order valence-electron chi connectivity index (χ0n) is 12.5. The molecule has 2 atom stereocenters. The van der Waals surface area contributed by atoms with Crippen LogP contribution in [-0.2, 0) is 4.79 Å². The molecule has 0 aromatic heterocycles. The first kappa shape index (κ1) is 16.2. The highest BCUT2D eigenvalue weighted by molar-refractivity contribution is 5.70. The molecule has 6 heteroatoms. The second-order valence-corrected chi connectivity index (χ2v) is 5.81. The monoisotopic (exact) mass is 304 g/mol. The second-order valence-electron chi connectivity index (χ2n) is 5.81. The van der Waals surface area contributed by atoms with Crippen LogP contribution in [0.5, 0.6) is 0 Å². The van der Waals surface area contributed by atoms with E-state index in [1.54, 1.807) is 24.3 Å². The van der Waals surface area contributed by atoms with E-state index in [2.05, 4.69) is 4.90 Å². The molecule has 0 spiro atoms. The Morgan fingerprint density at radius 2 is 2.18 bits per heavy atom. The number of nitrogens with zero attached hydrogens (tertiary/aromatic N) is 2. The van der Waals surface area contributed by atoms with Crippen molar-refractivity contribution in [1.29, 1.82) is 0 Å². The fraction of sp³-hybridized carbons (Fsp3) is 0.438. The number of nitro benzene ring substituents is 1. The number of likely N-dealkylation sites (tertiary alicyclic amines) is 1. The van der Waals surface area contributed by atoms with Crippen molar-refractivity contribution in [3.8, 4) is 0 Å². The molecule has 1 aliphatic heterocycles. The number of hydrogen-bond donors (Lipinski definition) is 1. The number of hydrogen-bond acceptors (Lipinski definition) is 4. The smallest absolute Gasteiger partial charge is 0.307 e. The molecule has 1 heterocycles. The van der Waals surface area contributed by atoms with E-state index >= 15 is 0 Å². The molecular formula is C16H20N2O4. The normalized spacial score (nSPS) is 22.8. The maximum absolute atomic E-state index is 11.1. The molecule has 1 aromatic carbocycles. The number of carboxylic acids is 1. The molecule has 0 bridgehead atoms. The lowest BCUT2D eigenvalue weighted by Crippen LogP contribution is -2.42. The van der Waals surface area contributed by atoms with Crippen LogP contribution < -0.4 is 0 Å². The van der Waals surface area contributed by atoms with Crippen molar-refractivity contribution in [2.45, 2.75) is 13.3 Å². The topological polar surface area (TPSA) is 83.7 Å². The molecule has 1 N–H and O–H groups in total. The predicted octanol–water partition coefficient (Wildman–Crippen LogP) is 2.65. The minimum atomic E-state index is -0.751. The standard InChI is InChI=1S/C16H20N2O4/c1-12-9-14(16(19)20)11-17(10-12)8-4-6-13-5-2-3-7-15(13)18(21)22/h2-7,12,14H,8-11H2,1H3,(H,19,20)/b6-4+. The summed E-state index contributed by atoms with van der Waals surface area (Å²) in [6.07, 6.45) is 4.30. The van der Waals surface area contributed by atoms with Crippen LogP contribution in [0, 0.1) is 22.0 Å². The zero-order valence-corrected chi connectivity index (χ0v) is 12.5. The van der Waals surface area contributed by atoms with Crippen molar-refractivity contribution in [2.24, 2.45) is 11.8 Å². The van der Waals surface area contributed by atoms with Crippen LogP contribution in [0.1, 0.15) is 18.9 Å². The molecule has 2 rings (SSSR count). The Hall–Kier alpha value is -2.21. The summed E-state index contributed by atoms with van der Waals surface area (Å²) in [6.45, 7) is 4.03. The Kier molecular flexibility index (Phi) is 5.27. The molecule has 1 aliphatic rings. The van der Waals surface area contributed by atoms with E-state index < -0.39 is 10.9 Å². The summed E-state index contributed by atoms with van der Waals surface area (Å²) in [5, 5.41) is 20.1. The number of carboxylic acid groups (broad SMARTS) is 1. The van der Waals surface area contributed by atoms with Crippen LogP contribution in [0.2, 0.25) is 0 Å². The van der Waals surface area contributed by atoms with Gasteiger partial charge in [0.05, 0.1) is 16.4 Å². The molecule has 0 saturated carbocycles. The lowest BCUT2D eigenvalue weighted by molar-refractivity contribution is -0.385. The first-order chi connectivity index (χ1) is 10.5. The van der Waals surface area contributed by atoms with E-state index in [1.807, 2.05) is 13.0 Å². The fourth-order valence-electron chi connectivity index (χ4n) is 2.91. The second kappa shape index (κ2) is 7.17. The summed E-state index contributed by atoms with van der Waals surface area (Å²) in [7, 11) is 0. The third kappa shape index (κ3) is 4.14. The summed E-state index contributed by atoms with van der Waals surface area (Å²) < 4.78 is 0. The van der Waals surface area contributed by atoms with Gasteiger partial charge < -0.3 is 5.11 Å². The molecule has 118 valence electrons. The number of carbonyl (C=O) groups is 1. The number of nitro groups is 1. The highest BCUT2D eigenvalue weighted by atomic mass is 16.6. The number of aliphatic carboxylic acids is 1. The van der Waals surface area contributed by atoms with Gasteiger partial charge in [-0.3, -0.25) is 19.8 Å². The minimum absolute atomic E-state index is 0.0779. The van der Waals surface area contributed by atoms with Crippen LogP contribution in [0.3, 0.4) is 0 Å². The van der Waals surface area contributed by atoms with Crippen molar-refractivity contribution in [2.75, 3.05) is 19.6 Å². The SMILES string of the molecule is CC1CC(C(=O)O)CN(C/C=C/c2ccccc2[N+](=O)[O-])C1. The van der Waals surface area contributed by atoms with Crippen molar-refractivity contribution < 1.29 is 14.8 Å². The molecule has 1 aromatic rings. The van der Waals surface area contributed by atoms with Gasteiger partial charge in [-0.05, 0) is 18.4 Å². The van der Waals surface area contributed by atoms with Gasteiger partial charge in [0, 0.05) is 25.7 Å². The Morgan fingerprint density at radius 3 is 2.86 bits per heavy atom. The van der Waals surface area contributed by atoms with Crippen molar-refractivity contribution in [3.05, 3.63) is 46.0 Å². The molecule has 6 nitrogen and oxygen atoms in total. The largest absolute Gasteiger partial charge is 0.481 e. The Balaban J connectivity index is 2.00. The summed E-state index contributed by atoms with van der Waals surface area (Å²) >= 11 is 0. The number of benzene rings is 1. The molecule has 0 amide bonds. The lowest BCUT2D eigenvalue weighted by Gasteiger charge is -2.33. The first-order valence-electron chi connectivity index (χ1n) is 7.32. The summed E-state index contributed by atoms with van der Waals surface area (Å²) in [4.78, 5) is 23.8. The third-order valence-electron chi connectivity index (χ3n) is 3.88. The van der Waals surface area contributed by atoms with Crippen LogP contribution in [-0.4, -0.2) is 40.5 Å². The summed E-state index contributed by atoms with van der Waals surface area (Å²) in [6, 6.07) is 6.58. The van der Waals surface area contributed by atoms with E-state index in [0.717, 1.165) is 6.54 Å². The fourth-order valence-corrected chi connectivity index (χ4v) is 2.91. The van der Waals surface area contributed by atoms with Gasteiger partial charge >= 0.3 is 5.97 Å². The van der Waals surface area contributed by atoms with Crippen LogP contribution in [0.25, 0.3) is 6.08 Å². The summed E-state index contributed by atoms with van der Waals surface area (Å²) in [5.41, 5.74) is 0.640. The first-order valence-corrected chi connectivity index (χ1v) is 7.32. The lowest BCUT2D eigenvalue weighted by atomic mass is 9.90. The highest BCUT2D eigenvalue weighted by Crippen LogP contribution is 2.22. The molecule has 2 unspecified atom stereocenters. The van der Waals surface area contributed by atoms with E-state index in [1.165, 1.54) is 6.07 Å².